The predicted molar refractivity (Wildman–Crippen MR) is 105 cm³/mol. The van der Waals surface area contributed by atoms with Crippen molar-refractivity contribution in [1.29, 1.82) is 0 Å². The highest BCUT2D eigenvalue weighted by atomic mass is 32.2. The minimum Gasteiger partial charge on any atom is -0.356 e. The van der Waals surface area contributed by atoms with Gasteiger partial charge in [-0.25, -0.2) is 0 Å². The van der Waals surface area contributed by atoms with E-state index < -0.39 is 0 Å². The van der Waals surface area contributed by atoms with Crippen molar-refractivity contribution >= 4 is 17.7 Å². The molecule has 0 aromatic heterocycles. The lowest BCUT2D eigenvalue weighted by Crippen LogP contribution is -2.46. The van der Waals surface area contributed by atoms with Gasteiger partial charge in [-0.2, -0.15) is 11.8 Å². The van der Waals surface area contributed by atoms with Crippen LogP contribution in [-0.4, -0.2) is 63.1 Å². The summed E-state index contributed by atoms with van der Waals surface area (Å²) in [7, 11) is 6.10. The molecule has 0 bridgehead atoms. The summed E-state index contributed by atoms with van der Waals surface area (Å²) in [6, 6.07) is 11.1. The molecule has 1 unspecified atom stereocenters. The zero-order chi connectivity index (χ0) is 16.9. The van der Waals surface area contributed by atoms with Gasteiger partial charge < -0.3 is 15.5 Å². The highest BCUT2D eigenvalue weighted by molar-refractivity contribution is 7.98. The van der Waals surface area contributed by atoms with E-state index in [-0.39, 0.29) is 0 Å². The molecule has 0 radical (unpaired) electrons. The molecule has 130 valence electrons. The van der Waals surface area contributed by atoms with Gasteiger partial charge in [-0.3, -0.25) is 4.99 Å². The molecule has 0 heterocycles. The third kappa shape index (κ3) is 8.86. The van der Waals surface area contributed by atoms with E-state index in [0.29, 0.717) is 6.04 Å². The maximum Gasteiger partial charge on any atom is 0.191 e. The first kappa shape index (κ1) is 19.8. The van der Waals surface area contributed by atoms with Gasteiger partial charge in [-0.05, 0) is 50.9 Å². The first-order chi connectivity index (χ1) is 11.2. The van der Waals surface area contributed by atoms with Crippen LogP contribution in [0.1, 0.15) is 18.4 Å². The molecule has 0 saturated carbocycles. The Morgan fingerprint density at radius 3 is 2.52 bits per heavy atom. The topological polar surface area (TPSA) is 39.7 Å². The normalized spacial score (nSPS) is 13.2. The Labute approximate surface area is 146 Å². The third-order valence-corrected chi connectivity index (χ3v) is 4.54. The number of guanidine groups is 1. The average molecular weight is 337 g/mol. The van der Waals surface area contributed by atoms with Crippen molar-refractivity contribution in [3.8, 4) is 0 Å². The molecule has 1 rings (SSSR count). The van der Waals surface area contributed by atoms with Crippen molar-refractivity contribution in [2.75, 3.05) is 46.2 Å². The molecule has 0 fully saturated rings. The summed E-state index contributed by atoms with van der Waals surface area (Å²) >= 11 is 1.91. The van der Waals surface area contributed by atoms with E-state index >= 15 is 0 Å². The Hall–Kier alpha value is -1.20. The molecular formula is C18H32N4S. The molecule has 1 atom stereocenters. The van der Waals surface area contributed by atoms with Crippen LogP contribution < -0.4 is 10.6 Å². The molecule has 0 saturated heterocycles. The number of nitrogens with one attached hydrogen (secondary N) is 2. The molecular weight excluding hydrogens is 304 g/mol. The quantitative estimate of drug-likeness (QED) is 0.391. The zero-order valence-corrected chi connectivity index (χ0v) is 15.8. The molecule has 2 N–H and O–H groups in total. The Morgan fingerprint density at radius 1 is 1.17 bits per heavy atom. The van der Waals surface area contributed by atoms with Gasteiger partial charge >= 0.3 is 0 Å². The van der Waals surface area contributed by atoms with Crippen LogP contribution in [0.3, 0.4) is 0 Å². The number of hydrogen-bond donors (Lipinski definition) is 2. The monoisotopic (exact) mass is 336 g/mol. The van der Waals surface area contributed by atoms with Gasteiger partial charge in [0.1, 0.15) is 0 Å². The fourth-order valence-electron chi connectivity index (χ4n) is 2.34. The SMILES string of the molecule is CN=C(NCCCCSC)NCC(Cc1ccccc1)N(C)C. The van der Waals surface area contributed by atoms with Crippen LogP contribution in [0, 0.1) is 0 Å². The van der Waals surface area contributed by atoms with Gasteiger partial charge in [0.05, 0.1) is 0 Å². The molecule has 4 nitrogen and oxygen atoms in total. The number of rotatable bonds is 10. The Kier molecular flexibility index (Phi) is 10.6. The van der Waals surface area contributed by atoms with Crippen LogP contribution in [0.4, 0.5) is 0 Å². The largest absolute Gasteiger partial charge is 0.356 e. The van der Waals surface area contributed by atoms with E-state index in [0.717, 1.165) is 25.5 Å². The van der Waals surface area contributed by atoms with Crippen molar-refractivity contribution in [3.05, 3.63) is 35.9 Å². The first-order valence-electron chi connectivity index (χ1n) is 8.31. The number of benzene rings is 1. The number of thioether (sulfide) groups is 1. The Balaban J connectivity index is 2.37. The summed E-state index contributed by atoms with van der Waals surface area (Å²) in [5.74, 6) is 2.13. The minimum atomic E-state index is 0.437. The average Bonchev–Trinajstić information content (AvgIpc) is 2.56. The number of unbranched alkanes of at least 4 members (excludes halogenated alkanes) is 1. The van der Waals surface area contributed by atoms with Crippen LogP contribution >= 0.6 is 11.8 Å². The van der Waals surface area contributed by atoms with E-state index in [4.69, 9.17) is 0 Å². The predicted octanol–water partition coefficient (Wildman–Crippen LogP) is 2.47. The molecule has 1 aromatic carbocycles. The van der Waals surface area contributed by atoms with Crippen molar-refractivity contribution < 1.29 is 0 Å². The lowest BCUT2D eigenvalue weighted by molar-refractivity contribution is 0.290. The fraction of sp³-hybridized carbons (Fsp3) is 0.611. The van der Waals surface area contributed by atoms with Gasteiger partial charge in [0.2, 0.25) is 0 Å². The number of hydrogen-bond acceptors (Lipinski definition) is 3. The van der Waals surface area contributed by atoms with Crippen molar-refractivity contribution in [1.82, 2.24) is 15.5 Å². The van der Waals surface area contributed by atoms with E-state index in [9.17, 15) is 0 Å². The summed E-state index contributed by atoms with van der Waals surface area (Å²) in [4.78, 5) is 6.58. The van der Waals surface area contributed by atoms with Crippen LogP contribution in [0.2, 0.25) is 0 Å². The van der Waals surface area contributed by atoms with Crippen LogP contribution in [0.15, 0.2) is 35.3 Å². The maximum absolute atomic E-state index is 4.31. The maximum atomic E-state index is 4.31. The second kappa shape index (κ2) is 12.3. The molecule has 5 heteroatoms. The van der Waals surface area contributed by atoms with Crippen molar-refractivity contribution in [2.24, 2.45) is 4.99 Å². The summed E-state index contributed by atoms with van der Waals surface area (Å²) in [5, 5.41) is 6.85. The fourth-order valence-corrected chi connectivity index (χ4v) is 2.83. The van der Waals surface area contributed by atoms with E-state index in [1.165, 1.54) is 24.2 Å². The molecule has 0 aliphatic rings. The number of aliphatic imine (C=N–C) groups is 1. The highest BCUT2D eigenvalue weighted by Gasteiger charge is 2.12. The van der Waals surface area contributed by atoms with Crippen LogP contribution in [0.25, 0.3) is 0 Å². The number of nitrogens with zero attached hydrogens (tertiary/aromatic N) is 2. The Morgan fingerprint density at radius 2 is 1.91 bits per heavy atom. The van der Waals surface area contributed by atoms with Gasteiger partial charge in [-0.1, -0.05) is 30.3 Å². The molecule has 23 heavy (non-hydrogen) atoms. The third-order valence-electron chi connectivity index (χ3n) is 3.84. The zero-order valence-electron chi connectivity index (χ0n) is 15.0. The van der Waals surface area contributed by atoms with Crippen LogP contribution in [-0.2, 0) is 6.42 Å². The highest BCUT2D eigenvalue weighted by Crippen LogP contribution is 2.06. The lowest BCUT2D eigenvalue weighted by atomic mass is 10.1. The van der Waals surface area contributed by atoms with Gasteiger partial charge in [-0.15, -0.1) is 0 Å². The van der Waals surface area contributed by atoms with E-state index in [1.54, 1.807) is 0 Å². The lowest BCUT2D eigenvalue weighted by Gasteiger charge is -2.25. The van der Waals surface area contributed by atoms with E-state index in [1.807, 2.05) is 18.8 Å². The van der Waals surface area contributed by atoms with Gasteiger partial charge in [0.25, 0.3) is 0 Å². The summed E-state index contributed by atoms with van der Waals surface area (Å²) < 4.78 is 0. The molecule has 0 spiro atoms. The summed E-state index contributed by atoms with van der Waals surface area (Å²) in [6.45, 7) is 1.86. The minimum absolute atomic E-state index is 0.437. The van der Waals surface area contributed by atoms with Crippen LogP contribution in [0.5, 0.6) is 0 Å². The second-order valence-corrected chi connectivity index (χ2v) is 6.87. The van der Waals surface area contributed by atoms with Crippen molar-refractivity contribution in [2.45, 2.75) is 25.3 Å². The molecule has 0 aliphatic heterocycles. The number of likely N-dealkylation sites (N-methyl/N-ethyl adjacent to an activating group) is 1. The van der Waals surface area contributed by atoms with Gasteiger partial charge in [0, 0.05) is 26.2 Å². The molecule has 1 aromatic rings. The second-order valence-electron chi connectivity index (χ2n) is 5.89. The first-order valence-corrected chi connectivity index (χ1v) is 9.70. The molecule has 0 aliphatic carbocycles. The van der Waals surface area contributed by atoms with Crippen molar-refractivity contribution in [3.63, 3.8) is 0 Å². The Bertz CT molecular complexity index is 434. The summed E-state index contributed by atoms with van der Waals surface area (Å²) in [5.41, 5.74) is 1.37. The van der Waals surface area contributed by atoms with E-state index in [2.05, 4.69) is 71.2 Å². The smallest absolute Gasteiger partial charge is 0.191 e. The molecule has 0 amide bonds. The van der Waals surface area contributed by atoms with Gasteiger partial charge in [0.15, 0.2) is 5.96 Å². The summed E-state index contributed by atoms with van der Waals surface area (Å²) in [6.07, 6.45) is 5.62. The standard InChI is InChI=1S/C18H32N4S/c1-19-18(20-12-8-9-13-23-4)21-15-17(22(2)3)14-16-10-6-5-7-11-16/h5-7,10-11,17H,8-9,12-15H2,1-4H3,(H2,19,20,21).